The minimum atomic E-state index is -0.0246. The number of morpholine rings is 1. The topological polar surface area (TPSA) is 53.6 Å². The molecule has 1 atom stereocenters. The lowest BCUT2D eigenvalue weighted by Gasteiger charge is -2.33. The third-order valence-corrected chi connectivity index (χ3v) is 5.04. The monoisotopic (exact) mass is 423 g/mol. The average Bonchev–Trinajstić information content (AvgIpc) is 3.15. The molecular weight excluding hydrogens is 397 g/mol. The Labute approximate surface area is 178 Å². The average molecular weight is 424 g/mol. The molecule has 2 aliphatic heterocycles. The van der Waals surface area contributed by atoms with Gasteiger partial charge >= 0.3 is 0 Å². The van der Waals surface area contributed by atoms with Gasteiger partial charge in [-0.2, -0.15) is 0 Å². The van der Waals surface area contributed by atoms with E-state index < -0.39 is 0 Å². The number of ether oxygens (including phenoxy) is 1. The van der Waals surface area contributed by atoms with Crippen LogP contribution >= 0.6 is 24.8 Å². The van der Waals surface area contributed by atoms with Gasteiger partial charge in [-0.3, -0.25) is 9.69 Å². The third kappa shape index (κ3) is 5.61. The highest BCUT2D eigenvalue weighted by molar-refractivity contribution is 5.95. The Kier molecular flexibility index (Phi) is 8.58. The summed E-state index contributed by atoms with van der Waals surface area (Å²) in [7, 11) is 0. The van der Waals surface area contributed by atoms with E-state index in [1.54, 1.807) is 0 Å². The van der Waals surface area contributed by atoms with Crippen molar-refractivity contribution in [3.8, 4) is 0 Å². The first-order chi connectivity index (χ1) is 12.8. The van der Waals surface area contributed by atoms with Gasteiger partial charge in [-0.15, -0.1) is 24.8 Å². The van der Waals surface area contributed by atoms with Gasteiger partial charge in [0.25, 0.3) is 5.91 Å². The van der Waals surface area contributed by atoms with E-state index in [0.717, 1.165) is 43.9 Å². The zero-order valence-corrected chi connectivity index (χ0v) is 17.4. The molecule has 5 nitrogen and oxygen atoms in total. The number of rotatable bonds is 5. The second-order valence-electron chi connectivity index (χ2n) is 6.97. The third-order valence-electron chi connectivity index (χ3n) is 5.04. The van der Waals surface area contributed by atoms with Crippen LogP contribution in [0.1, 0.15) is 21.5 Å². The van der Waals surface area contributed by atoms with Crippen molar-refractivity contribution in [2.75, 3.05) is 38.1 Å². The summed E-state index contributed by atoms with van der Waals surface area (Å²) in [5, 5.41) is 6.35. The minimum Gasteiger partial charge on any atom is -0.384 e. The highest BCUT2D eigenvalue weighted by atomic mass is 35.5. The number of halogens is 2. The van der Waals surface area contributed by atoms with Crippen molar-refractivity contribution in [2.24, 2.45) is 0 Å². The predicted molar refractivity (Wildman–Crippen MR) is 117 cm³/mol. The summed E-state index contributed by atoms with van der Waals surface area (Å²) in [5.74, 6) is -0.0246. The molecule has 0 radical (unpaired) electrons. The van der Waals surface area contributed by atoms with Gasteiger partial charge in [0.1, 0.15) is 0 Å². The van der Waals surface area contributed by atoms with Gasteiger partial charge in [-0.25, -0.2) is 0 Å². The summed E-state index contributed by atoms with van der Waals surface area (Å²) in [6.45, 7) is 4.89. The van der Waals surface area contributed by atoms with Gasteiger partial charge in [-0.05, 0) is 35.7 Å². The number of hydrogen-bond donors (Lipinski definition) is 2. The molecule has 2 aliphatic rings. The number of carbonyl (C=O) groups excluding carboxylic acids is 1. The van der Waals surface area contributed by atoms with Crippen LogP contribution in [0.15, 0.2) is 48.5 Å². The van der Waals surface area contributed by atoms with Crippen LogP contribution in [0.3, 0.4) is 0 Å². The first kappa shape index (κ1) is 22.5. The molecule has 152 valence electrons. The first-order valence-corrected chi connectivity index (χ1v) is 9.31. The molecule has 4 rings (SSSR count). The maximum atomic E-state index is 12.5. The van der Waals surface area contributed by atoms with Gasteiger partial charge in [-0.1, -0.05) is 30.3 Å². The number of fused-ring (bicyclic) bond motifs is 1. The molecule has 1 amide bonds. The van der Waals surface area contributed by atoms with Crippen LogP contribution in [0, 0.1) is 0 Å². The molecule has 0 spiro atoms. The van der Waals surface area contributed by atoms with Gasteiger partial charge < -0.3 is 15.4 Å². The fourth-order valence-corrected chi connectivity index (χ4v) is 3.64. The normalized spacial score (nSPS) is 18.2. The van der Waals surface area contributed by atoms with Crippen molar-refractivity contribution >= 4 is 36.4 Å². The molecule has 1 fully saturated rings. The van der Waals surface area contributed by atoms with E-state index in [1.807, 2.05) is 24.3 Å². The summed E-state index contributed by atoms with van der Waals surface area (Å²) < 4.78 is 5.84. The van der Waals surface area contributed by atoms with E-state index in [4.69, 9.17) is 4.74 Å². The Morgan fingerprint density at radius 1 is 1.18 bits per heavy atom. The number of amides is 1. The van der Waals surface area contributed by atoms with Gasteiger partial charge in [0.2, 0.25) is 0 Å². The fraction of sp³-hybridized carbons (Fsp3) is 0.381. The van der Waals surface area contributed by atoms with E-state index >= 15 is 0 Å². The van der Waals surface area contributed by atoms with E-state index in [9.17, 15) is 4.79 Å². The maximum absolute atomic E-state index is 12.5. The number of benzene rings is 2. The zero-order chi connectivity index (χ0) is 17.8. The predicted octanol–water partition coefficient (Wildman–Crippen LogP) is 3.13. The number of hydrogen-bond acceptors (Lipinski definition) is 4. The smallest absolute Gasteiger partial charge is 0.251 e. The summed E-state index contributed by atoms with van der Waals surface area (Å²) >= 11 is 0. The summed E-state index contributed by atoms with van der Waals surface area (Å²) in [4.78, 5) is 14.8. The Morgan fingerprint density at radius 3 is 2.82 bits per heavy atom. The van der Waals surface area contributed by atoms with Crippen LogP contribution in [-0.4, -0.2) is 49.7 Å². The summed E-state index contributed by atoms with van der Waals surface area (Å²) in [5.41, 5.74) is 4.41. The van der Waals surface area contributed by atoms with Crippen molar-refractivity contribution in [1.29, 1.82) is 0 Å². The van der Waals surface area contributed by atoms with Crippen LogP contribution < -0.4 is 10.6 Å². The van der Waals surface area contributed by atoms with Crippen LogP contribution in [0.5, 0.6) is 0 Å². The van der Waals surface area contributed by atoms with Crippen molar-refractivity contribution in [3.63, 3.8) is 0 Å². The zero-order valence-electron chi connectivity index (χ0n) is 15.7. The fourth-order valence-electron chi connectivity index (χ4n) is 3.64. The van der Waals surface area contributed by atoms with Crippen LogP contribution in [0.4, 0.5) is 5.69 Å². The summed E-state index contributed by atoms with van der Waals surface area (Å²) in [6.07, 6.45) is 1.02. The maximum Gasteiger partial charge on any atom is 0.251 e. The van der Waals surface area contributed by atoms with Crippen molar-refractivity contribution in [3.05, 3.63) is 65.2 Å². The van der Waals surface area contributed by atoms with Gasteiger partial charge in [0.15, 0.2) is 0 Å². The second kappa shape index (κ2) is 10.7. The van der Waals surface area contributed by atoms with Crippen LogP contribution in [0.2, 0.25) is 0 Å². The Hall–Kier alpha value is -1.79. The van der Waals surface area contributed by atoms with Crippen molar-refractivity contribution in [2.45, 2.75) is 19.1 Å². The molecule has 2 N–H and O–H groups in total. The highest BCUT2D eigenvalue weighted by Gasteiger charge is 2.21. The molecule has 2 aromatic carbocycles. The molecule has 0 saturated carbocycles. The Morgan fingerprint density at radius 2 is 2.00 bits per heavy atom. The largest absolute Gasteiger partial charge is 0.384 e. The molecule has 7 heteroatoms. The standard InChI is InChI=1S/C21H25N3O2.2ClH/c25-21(18-6-7-20-17(12-18)8-9-22-20)23-13-19-15-24(10-11-26-19)14-16-4-2-1-3-5-16;;/h1-7,12,19,22H,8-11,13-15H2,(H,23,25);2*1H. The molecular formula is C21H27Cl2N3O2. The Balaban J connectivity index is 0.00000140. The molecule has 28 heavy (non-hydrogen) atoms. The quantitative estimate of drug-likeness (QED) is 0.775. The molecule has 0 aromatic heterocycles. The first-order valence-electron chi connectivity index (χ1n) is 9.31. The number of nitrogens with one attached hydrogen (secondary N) is 2. The lowest BCUT2D eigenvalue weighted by atomic mass is 10.1. The van der Waals surface area contributed by atoms with Gasteiger partial charge in [0, 0.05) is 44.0 Å². The van der Waals surface area contributed by atoms with E-state index in [0.29, 0.717) is 13.2 Å². The van der Waals surface area contributed by atoms with E-state index in [-0.39, 0.29) is 36.8 Å². The second-order valence-corrected chi connectivity index (χ2v) is 6.97. The van der Waals surface area contributed by atoms with E-state index in [1.165, 1.54) is 11.1 Å². The van der Waals surface area contributed by atoms with E-state index in [2.05, 4.69) is 39.8 Å². The van der Waals surface area contributed by atoms with Crippen molar-refractivity contribution in [1.82, 2.24) is 10.2 Å². The minimum absolute atomic E-state index is 0. The van der Waals surface area contributed by atoms with Crippen LogP contribution in [0.25, 0.3) is 0 Å². The Bertz CT molecular complexity index is 774. The molecule has 0 bridgehead atoms. The van der Waals surface area contributed by atoms with Crippen LogP contribution in [-0.2, 0) is 17.7 Å². The van der Waals surface area contributed by atoms with Gasteiger partial charge in [0.05, 0.1) is 12.7 Å². The SMILES string of the molecule is Cl.Cl.O=C(NCC1CN(Cc2ccccc2)CCO1)c1ccc2c(c1)CCN2. The lowest BCUT2D eigenvalue weighted by molar-refractivity contribution is -0.0292. The highest BCUT2D eigenvalue weighted by Crippen LogP contribution is 2.23. The number of carbonyl (C=O) groups is 1. The molecule has 2 heterocycles. The molecule has 2 aromatic rings. The molecule has 1 saturated heterocycles. The number of anilines is 1. The van der Waals surface area contributed by atoms with Crippen molar-refractivity contribution < 1.29 is 9.53 Å². The summed E-state index contributed by atoms with van der Waals surface area (Å²) in [6, 6.07) is 16.3. The lowest BCUT2D eigenvalue weighted by Crippen LogP contribution is -2.47. The number of nitrogens with zero attached hydrogens (tertiary/aromatic N) is 1. The molecule has 0 aliphatic carbocycles. The molecule has 1 unspecified atom stereocenters.